The fourth-order valence-electron chi connectivity index (χ4n) is 4.38. The number of esters is 1. The molecule has 2 aromatic rings. The van der Waals surface area contributed by atoms with Gasteiger partial charge in [0.2, 0.25) is 15.8 Å². The van der Waals surface area contributed by atoms with E-state index < -0.39 is 16.0 Å². The molecule has 32 heavy (non-hydrogen) atoms. The lowest BCUT2D eigenvalue weighted by Crippen LogP contribution is -2.37. The highest BCUT2D eigenvalue weighted by molar-refractivity contribution is 7.89. The molecule has 1 aromatic heterocycles. The van der Waals surface area contributed by atoms with Crippen molar-refractivity contribution in [1.29, 1.82) is 0 Å². The molecule has 0 N–H and O–H groups in total. The molecule has 2 heterocycles. The number of sulfonamides is 1. The SMILES string of the molecule is Cc1cc(C(=O)COC(=O)c2ccc(S(=O)(=O)N3CCC(C)CC3)cc2)c(C)n1C1CC1. The molecule has 0 spiro atoms. The number of ketones is 1. The molecule has 4 rings (SSSR count). The van der Waals surface area contributed by atoms with Crippen LogP contribution >= 0.6 is 0 Å². The largest absolute Gasteiger partial charge is 0.454 e. The van der Waals surface area contributed by atoms with Gasteiger partial charge >= 0.3 is 5.97 Å². The summed E-state index contributed by atoms with van der Waals surface area (Å²) in [7, 11) is -3.57. The molecule has 172 valence electrons. The van der Waals surface area contributed by atoms with Crippen LogP contribution in [0, 0.1) is 19.8 Å². The minimum Gasteiger partial charge on any atom is -0.454 e. The Morgan fingerprint density at radius 1 is 1.03 bits per heavy atom. The van der Waals surface area contributed by atoms with Crippen molar-refractivity contribution in [2.24, 2.45) is 5.92 Å². The summed E-state index contributed by atoms with van der Waals surface area (Å²) in [6.07, 6.45) is 3.95. The molecule has 1 saturated heterocycles. The van der Waals surface area contributed by atoms with Crippen molar-refractivity contribution >= 4 is 21.8 Å². The summed E-state index contributed by atoms with van der Waals surface area (Å²) in [6, 6.07) is 8.05. The Morgan fingerprint density at radius 2 is 1.66 bits per heavy atom. The van der Waals surface area contributed by atoms with Crippen LogP contribution in [0.5, 0.6) is 0 Å². The topological polar surface area (TPSA) is 85.7 Å². The van der Waals surface area contributed by atoms with Crippen LogP contribution in [0.2, 0.25) is 0 Å². The second-order valence-corrected chi connectivity index (χ2v) is 10.9. The highest BCUT2D eigenvalue weighted by Crippen LogP contribution is 2.38. The Bertz CT molecular complexity index is 1120. The van der Waals surface area contributed by atoms with Gasteiger partial charge in [0.15, 0.2) is 6.61 Å². The van der Waals surface area contributed by atoms with Gasteiger partial charge in [-0.15, -0.1) is 0 Å². The van der Waals surface area contributed by atoms with Crippen molar-refractivity contribution < 1.29 is 22.7 Å². The van der Waals surface area contributed by atoms with Crippen molar-refractivity contribution in [3.63, 3.8) is 0 Å². The van der Waals surface area contributed by atoms with Gasteiger partial charge in [0.25, 0.3) is 0 Å². The van der Waals surface area contributed by atoms with Crippen LogP contribution in [-0.2, 0) is 14.8 Å². The molecule has 1 aromatic carbocycles. The number of rotatable bonds is 7. The smallest absolute Gasteiger partial charge is 0.338 e. The molecule has 2 aliphatic rings. The first kappa shape index (κ1) is 22.7. The van der Waals surface area contributed by atoms with E-state index in [1.54, 1.807) is 0 Å². The highest BCUT2D eigenvalue weighted by atomic mass is 32.2. The Balaban J connectivity index is 1.38. The summed E-state index contributed by atoms with van der Waals surface area (Å²) < 4.78 is 34.5. The molecule has 8 heteroatoms. The van der Waals surface area contributed by atoms with Crippen LogP contribution in [0.1, 0.15) is 70.8 Å². The lowest BCUT2D eigenvalue weighted by molar-refractivity contribution is 0.0474. The van der Waals surface area contributed by atoms with E-state index >= 15 is 0 Å². The number of benzene rings is 1. The third-order valence-corrected chi connectivity index (χ3v) is 8.41. The lowest BCUT2D eigenvalue weighted by atomic mass is 10.0. The van der Waals surface area contributed by atoms with Gasteiger partial charge in [0, 0.05) is 36.1 Å². The highest BCUT2D eigenvalue weighted by Gasteiger charge is 2.29. The quantitative estimate of drug-likeness (QED) is 0.464. The molecule has 0 amide bonds. The molecular formula is C24H30N2O5S. The maximum atomic E-state index is 12.8. The lowest BCUT2D eigenvalue weighted by Gasteiger charge is -2.29. The zero-order valence-electron chi connectivity index (χ0n) is 18.8. The van der Waals surface area contributed by atoms with Crippen LogP contribution in [0.25, 0.3) is 0 Å². The normalized spacial score (nSPS) is 18.0. The fourth-order valence-corrected chi connectivity index (χ4v) is 5.85. The van der Waals surface area contributed by atoms with E-state index in [9.17, 15) is 18.0 Å². The minimum atomic E-state index is -3.57. The summed E-state index contributed by atoms with van der Waals surface area (Å²) in [6.45, 7) is 6.70. The second-order valence-electron chi connectivity index (χ2n) is 9.00. The number of aryl methyl sites for hydroxylation is 1. The average Bonchev–Trinajstić information content (AvgIpc) is 3.56. The summed E-state index contributed by atoms with van der Waals surface area (Å²) in [5, 5.41) is 0. The van der Waals surface area contributed by atoms with Crippen LogP contribution in [0.3, 0.4) is 0 Å². The number of piperidine rings is 1. The van der Waals surface area contributed by atoms with Gasteiger partial charge in [-0.2, -0.15) is 4.31 Å². The monoisotopic (exact) mass is 458 g/mol. The number of carbonyl (C=O) groups excluding carboxylic acids is 2. The molecule has 0 bridgehead atoms. The Labute approximate surface area is 189 Å². The third kappa shape index (κ3) is 4.52. The number of Topliss-reactive ketones (excluding diaryl/α,β-unsaturated/α-hetero) is 1. The Morgan fingerprint density at radius 3 is 2.25 bits per heavy atom. The molecule has 1 saturated carbocycles. The van der Waals surface area contributed by atoms with E-state index in [0.29, 0.717) is 30.6 Å². The third-order valence-electron chi connectivity index (χ3n) is 6.50. The zero-order chi connectivity index (χ0) is 23.0. The van der Waals surface area contributed by atoms with Crippen molar-refractivity contribution in [3.8, 4) is 0 Å². The number of hydrogen-bond donors (Lipinski definition) is 0. The Kier molecular flexibility index (Phi) is 6.27. The first-order valence-corrected chi connectivity index (χ1v) is 12.6. The fraction of sp³-hybridized carbons (Fsp3) is 0.500. The van der Waals surface area contributed by atoms with E-state index in [-0.39, 0.29) is 22.8 Å². The standard InChI is InChI=1S/C24H30N2O5S/c1-16-10-12-25(13-11-16)32(29,30)21-8-4-19(5-9-21)24(28)31-15-23(27)22-14-17(2)26(18(22)3)20-6-7-20/h4-5,8-9,14,16,20H,6-7,10-13,15H2,1-3H3. The van der Waals surface area contributed by atoms with Gasteiger partial charge in [0.05, 0.1) is 10.5 Å². The predicted molar refractivity (Wildman–Crippen MR) is 120 cm³/mol. The molecule has 0 atom stereocenters. The van der Waals surface area contributed by atoms with E-state index in [0.717, 1.165) is 37.1 Å². The average molecular weight is 459 g/mol. The molecule has 1 aliphatic carbocycles. The Hall–Kier alpha value is -2.45. The number of hydrogen-bond acceptors (Lipinski definition) is 5. The van der Waals surface area contributed by atoms with Gasteiger partial charge in [-0.25, -0.2) is 13.2 Å². The summed E-state index contributed by atoms with van der Waals surface area (Å²) >= 11 is 0. The first-order chi connectivity index (χ1) is 15.2. The number of aromatic nitrogens is 1. The zero-order valence-corrected chi connectivity index (χ0v) is 19.7. The number of carbonyl (C=O) groups is 2. The minimum absolute atomic E-state index is 0.159. The van der Waals surface area contributed by atoms with E-state index in [1.165, 1.54) is 28.6 Å². The van der Waals surface area contributed by atoms with Crippen LogP contribution < -0.4 is 0 Å². The molecule has 1 aliphatic heterocycles. The molecular weight excluding hydrogens is 428 g/mol. The first-order valence-electron chi connectivity index (χ1n) is 11.2. The van der Waals surface area contributed by atoms with Crippen LogP contribution in [0.4, 0.5) is 0 Å². The molecule has 7 nitrogen and oxygen atoms in total. The van der Waals surface area contributed by atoms with Crippen molar-refractivity contribution in [3.05, 3.63) is 52.8 Å². The van der Waals surface area contributed by atoms with Crippen LogP contribution in [0.15, 0.2) is 35.2 Å². The van der Waals surface area contributed by atoms with E-state index in [1.807, 2.05) is 19.9 Å². The van der Waals surface area contributed by atoms with Crippen molar-refractivity contribution in [1.82, 2.24) is 8.87 Å². The van der Waals surface area contributed by atoms with E-state index in [4.69, 9.17) is 4.74 Å². The molecule has 0 unspecified atom stereocenters. The predicted octanol–water partition coefficient (Wildman–Crippen LogP) is 3.90. The van der Waals surface area contributed by atoms with Gasteiger partial charge in [-0.05, 0) is 75.8 Å². The maximum absolute atomic E-state index is 12.8. The van der Waals surface area contributed by atoms with E-state index in [2.05, 4.69) is 11.5 Å². The maximum Gasteiger partial charge on any atom is 0.338 e. The van der Waals surface area contributed by atoms with Crippen molar-refractivity contribution in [2.45, 2.75) is 57.4 Å². The van der Waals surface area contributed by atoms with Crippen LogP contribution in [-0.4, -0.2) is 48.7 Å². The molecule has 2 fully saturated rings. The van der Waals surface area contributed by atoms with Gasteiger partial charge in [-0.3, -0.25) is 4.79 Å². The summed E-state index contributed by atoms with van der Waals surface area (Å²) in [4.78, 5) is 25.2. The number of nitrogens with zero attached hydrogens (tertiary/aromatic N) is 2. The summed E-state index contributed by atoms with van der Waals surface area (Å²) in [5.41, 5.74) is 2.75. The molecule has 0 radical (unpaired) electrons. The van der Waals surface area contributed by atoms with Gasteiger partial charge in [0.1, 0.15) is 0 Å². The van der Waals surface area contributed by atoms with Gasteiger partial charge in [-0.1, -0.05) is 6.92 Å². The number of ether oxygens (including phenoxy) is 1. The van der Waals surface area contributed by atoms with Crippen molar-refractivity contribution in [2.75, 3.05) is 19.7 Å². The second kappa shape index (κ2) is 8.83. The van der Waals surface area contributed by atoms with Gasteiger partial charge < -0.3 is 9.30 Å². The summed E-state index contributed by atoms with van der Waals surface area (Å²) in [5.74, 6) is -0.358.